The Labute approximate surface area is 136 Å². The number of carbonyl (C=O) groups is 1. The number of amides is 1. The summed E-state index contributed by atoms with van der Waals surface area (Å²) in [7, 11) is 3.16. The summed E-state index contributed by atoms with van der Waals surface area (Å²) in [4.78, 5) is 12.1. The Hall–Kier alpha value is -2.69. The van der Waals surface area contributed by atoms with E-state index < -0.39 is 0 Å². The van der Waals surface area contributed by atoms with E-state index in [9.17, 15) is 4.79 Å². The number of aryl methyl sites for hydroxylation is 1. The van der Waals surface area contributed by atoms with Gasteiger partial charge in [0, 0.05) is 6.07 Å². The SMILES string of the molecule is COc1cc(NC(=O)CCOc2ccccc2)c(OC)cc1C. The summed E-state index contributed by atoms with van der Waals surface area (Å²) in [6.45, 7) is 2.22. The molecule has 2 aromatic rings. The molecule has 2 rings (SSSR count). The van der Waals surface area contributed by atoms with Crippen molar-refractivity contribution >= 4 is 11.6 Å². The maximum absolute atomic E-state index is 12.1. The third kappa shape index (κ3) is 4.64. The minimum atomic E-state index is -0.148. The topological polar surface area (TPSA) is 56.8 Å². The smallest absolute Gasteiger partial charge is 0.227 e. The Morgan fingerprint density at radius 2 is 1.74 bits per heavy atom. The fourth-order valence-corrected chi connectivity index (χ4v) is 2.14. The maximum atomic E-state index is 12.1. The van der Waals surface area contributed by atoms with Crippen molar-refractivity contribution in [1.29, 1.82) is 0 Å². The number of anilines is 1. The lowest BCUT2D eigenvalue weighted by Crippen LogP contribution is -2.16. The summed E-state index contributed by atoms with van der Waals surface area (Å²) in [5.74, 6) is 1.89. The van der Waals surface area contributed by atoms with Crippen molar-refractivity contribution in [1.82, 2.24) is 0 Å². The second-order valence-electron chi connectivity index (χ2n) is 4.98. The summed E-state index contributed by atoms with van der Waals surface area (Å²) in [6.07, 6.45) is 0.244. The van der Waals surface area contributed by atoms with Crippen LogP contribution in [-0.4, -0.2) is 26.7 Å². The first-order chi connectivity index (χ1) is 11.1. The summed E-state index contributed by atoms with van der Waals surface area (Å²) >= 11 is 0. The van der Waals surface area contributed by atoms with Crippen molar-refractivity contribution < 1.29 is 19.0 Å². The van der Waals surface area contributed by atoms with Crippen LogP contribution in [0.5, 0.6) is 17.2 Å². The predicted molar refractivity (Wildman–Crippen MR) is 89.5 cm³/mol. The summed E-state index contributed by atoms with van der Waals surface area (Å²) < 4.78 is 16.1. The van der Waals surface area contributed by atoms with E-state index in [2.05, 4.69) is 5.32 Å². The van der Waals surface area contributed by atoms with Crippen molar-refractivity contribution in [2.24, 2.45) is 0 Å². The van der Waals surface area contributed by atoms with Gasteiger partial charge in [0.15, 0.2) is 0 Å². The van der Waals surface area contributed by atoms with Gasteiger partial charge in [0.1, 0.15) is 17.2 Å². The van der Waals surface area contributed by atoms with Crippen LogP contribution in [0.25, 0.3) is 0 Å². The molecule has 0 atom stereocenters. The van der Waals surface area contributed by atoms with Crippen LogP contribution in [0.4, 0.5) is 5.69 Å². The molecule has 0 aromatic heterocycles. The highest BCUT2D eigenvalue weighted by Crippen LogP contribution is 2.32. The molecule has 0 saturated heterocycles. The van der Waals surface area contributed by atoms with Gasteiger partial charge in [0.25, 0.3) is 0 Å². The molecule has 5 heteroatoms. The summed E-state index contributed by atoms with van der Waals surface area (Å²) in [5.41, 5.74) is 1.52. The fourth-order valence-electron chi connectivity index (χ4n) is 2.14. The lowest BCUT2D eigenvalue weighted by atomic mass is 10.2. The van der Waals surface area contributed by atoms with E-state index in [1.165, 1.54) is 0 Å². The first-order valence-corrected chi connectivity index (χ1v) is 7.34. The van der Waals surface area contributed by atoms with Crippen molar-refractivity contribution in [2.75, 3.05) is 26.1 Å². The minimum absolute atomic E-state index is 0.148. The molecule has 0 bridgehead atoms. The molecular weight excluding hydrogens is 294 g/mol. The second-order valence-corrected chi connectivity index (χ2v) is 4.98. The van der Waals surface area contributed by atoms with Crippen LogP contribution in [-0.2, 0) is 4.79 Å². The zero-order valence-electron chi connectivity index (χ0n) is 13.6. The molecule has 122 valence electrons. The van der Waals surface area contributed by atoms with E-state index in [1.807, 2.05) is 43.3 Å². The maximum Gasteiger partial charge on any atom is 0.227 e. The highest BCUT2D eigenvalue weighted by atomic mass is 16.5. The van der Waals surface area contributed by atoms with Gasteiger partial charge in [-0.15, -0.1) is 0 Å². The van der Waals surface area contributed by atoms with E-state index in [1.54, 1.807) is 20.3 Å². The van der Waals surface area contributed by atoms with E-state index in [4.69, 9.17) is 14.2 Å². The van der Waals surface area contributed by atoms with E-state index in [0.717, 1.165) is 11.3 Å². The number of hydrogen-bond donors (Lipinski definition) is 1. The zero-order valence-corrected chi connectivity index (χ0v) is 13.6. The van der Waals surface area contributed by atoms with Gasteiger partial charge in [-0.3, -0.25) is 4.79 Å². The summed E-state index contributed by atoms with van der Waals surface area (Å²) in [5, 5.41) is 2.83. The number of nitrogens with one attached hydrogen (secondary N) is 1. The Morgan fingerprint density at radius 3 is 2.39 bits per heavy atom. The Kier molecular flexibility index (Phi) is 5.86. The van der Waals surface area contributed by atoms with Crippen molar-refractivity contribution in [3.8, 4) is 17.2 Å². The number of benzene rings is 2. The second kappa shape index (κ2) is 8.08. The van der Waals surface area contributed by atoms with Crippen LogP contribution in [0.15, 0.2) is 42.5 Å². The molecule has 0 aliphatic rings. The van der Waals surface area contributed by atoms with Crippen molar-refractivity contribution in [3.05, 3.63) is 48.0 Å². The van der Waals surface area contributed by atoms with Gasteiger partial charge in [-0.25, -0.2) is 0 Å². The van der Waals surface area contributed by atoms with Crippen LogP contribution in [0.2, 0.25) is 0 Å². The molecule has 2 aromatic carbocycles. The molecule has 23 heavy (non-hydrogen) atoms. The molecule has 0 fully saturated rings. The first kappa shape index (κ1) is 16.7. The molecule has 0 unspecified atom stereocenters. The Balaban J connectivity index is 1.94. The van der Waals surface area contributed by atoms with Crippen LogP contribution >= 0.6 is 0 Å². The molecule has 0 radical (unpaired) electrons. The third-order valence-corrected chi connectivity index (χ3v) is 3.33. The standard InChI is InChI=1S/C18H21NO4/c1-13-11-17(22-3)15(12-16(13)21-2)19-18(20)9-10-23-14-7-5-4-6-8-14/h4-8,11-12H,9-10H2,1-3H3,(H,19,20). The van der Waals surface area contributed by atoms with Gasteiger partial charge in [-0.2, -0.15) is 0 Å². The average Bonchev–Trinajstić information content (AvgIpc) is 2.57. The molecule has 0 heterocycles. The number of ether oxygens (including phenoxy) is 3. The van der Waals surface area contributed by atoms with Crippen molar-refractivity contribution in [3.63, 3.8) is 0 Å². The minimum Gasteiger partial charge on any atom is -0.496 e. The molecular formula is C18H21NO4. The quantitative estimate of drug-likeness (QED) is 0.850. The van der Waals surface area contributed by atoms with Gasteiger partial charge >= 0.3 is 0 Å². The highest BCUT2D eigenvalue weighted by molar-refractivity contribution is 5.92. The third-order valence-electron chi connectivity index (χ3n) is 3.33. The Bertz CT molecular complexity index is 656. The van der Waals surface area contributed by atoms with Crippen LogP contribution in [0.1, 0.15) is 12.0 Å². The fraction of sp³-hybridized carbons (Fsp3) is 0.278. The van der Waals surface area contributed by atoms with Crippen LogP contribution < -0.4 is 19.5 Å². The van der Waals surface area contributed by atoms with Crippen LogP contribution in [0.3, 0.4) is 0 Å². The molecule has 0 aliphatic heterocycles. The normalized spacial score (nSPS) is 10.0. The van der Waals surface area contributed by atoms with E-state index >= 15 is 0 Å². The first-order valence-electron chi connectivity index (χ1n) is 7.34. The van der Waals surface area contributed by atoms with E-state index in [-0.39, 0.29) is 12.3 Å². The monoisotopic (exact) mass is 315 g/mol. The zero-order chi connectivity index (χ0) is 16.7. The van der Waals surface area contributed by atoms with Gasteiger partial charge in [-0.1, -0.05) is 18.2 Å². The van der Waals surface area contributed by atoms with Crippen molar-refractivity contribution in [2.45, 2.75) is 13.3 Å². The highest BCUT2D eigenvalue weighted by Gasteiger charge is 2.11. The molecule has 0 saturated carbocycles. The lowest BCUT2D eigenvalue weighted by molar-refractivity contribution is -0.116. The number of para-hydroxylation sites is 1. The molecule has 1 amide bonds. The van der Waals surface area contributed by atoms with E-state index in [0.29, 0.717) is 23.8 Å². The number of hydrogen-bond acceptors (Lipinski definition) is 4. The number of methoxy groups -OCH3 is 2. The van der Waals surface area contributed by atoms with Gasteiger partial charge < -0.3 is 19.5 Å². The molecule has 0 aliphatic carbocycles. The molecule has 5 nitrogen and oxygen atoms in total. The van der Waals surface area contributed by atoms with Crippen LogP contribution in [0, 0.1) is 6.92 Å². The predicted octanol–water partition coefficient (Wildman–Crippen LogP) is 3.42. The van der Waals surface area contributed by atoms with Gasteiger partial charge in [-0.05, 0) is 30.7 Å². The van der Waals surface area contributed by atoms with Gasteiger partial charge in [0.2, 0.25) is 5.91 Å². The summed E-state index contributed by atoms with van der Waals surface area (Å²) in [6, 6.07) is 13.0. The van der Waals surface area contributed by atoms with Gasteiger partial charge in [0.05, 0.1) is 32.9 Å². The number of rotatable bonds is 7. The molecule has 0 spiro atoms. The lowest BCUT2D eigenvalue weighted by Gasteiger charge is -2.14. The molecule has 1 N–H and O–H groups in total. The largest absolute Gasteiger partial charge is 0.496 e. The average molecular weight is 315 g/mol. The number of carbonyl (C=O) groups excluding carboxylic acids is 1. The Morgan fingerprint density at radius 1 is 1.04 bits per heavy atom.